The third-order valence-corrected chi connectivity index (χ3v) is 4.50. The van der Waals surface area contributed by atoms with Gasteiger partial charge in [0.2, 0.25) is 0 Å². The third-order valence-electron chi connectivity index (χ3n) is 4.50. The number of phenols is 1. The molecule has 1 saturated heterocycles. The minimum absolute atomic E-state index is 0. The Hall–Kier alpha value is -1.30. The summed E-state index contributed by atoms with van der Waals surface area (Å²) in [5.74, 6) is 0.722. The number of methoxy groups -OCH3 is 1. The van der Waals surface area contributed by atoms with Gasteiger partial charge in [0.15, 0.2) is 11.5 Å². The van der Waals surface area contributed by atoms with E-state index in [0.29, 0.717) is 11.9 Å². The SMILES string of the molecule is C1CCNC1.COc1cc(CCOC2CCCCC2)ccc1O.O. The van der Waals surface area contributed by atoms with Crippen LogP contribution in [0.5, 0.6) is 11.5 Å². The second-order valence-electron chi connectivity index (χ2n) is 6.34. The molecule has 24 heavy (non-hydrogen) atoms. The predicted octanol–water partition coefficient (Wildman–Crippen LogP) is 2.84. The van der Waals surface area contributed by atoms with Crippen LogP contribution in [0.4, 0.5) is 0 Å². The van der Waals surface area contributed by atoms with E-state index in [1.54, 1.807) is 13.2 Å². The number of hydrogen-bond acceptors (Lipinski definition) is 4. The second kappa shape index (κ2) is 12.1. The van der Waals surface area contributed by atoms with Gasteiger partial charge < -0.3 is 25.4 Å². The molecule has 0 amide bonds. The fraction of sp³-hybridized carbons (Fsp3) is 0.684. The van der Waals surface area contributed by atoms with Gasteiger partial charge in [-0.15, -0.1) is 0 Å². The van der Waals surface area contributed by atoms with E-state index in [-0.39, 0.29) is 11.2 Å². The number of nitrogens with one attached hydrogen (secondary N) is 1. The maximum atomic E-state index is 9.51. The smallest absolute Gasteiger partial charge is 0.160 e. The topological polar surface area (TPSA) is 82.2 Å². The van der Waals surface area contributed by atoms with Gasteiger partial charge in [-0.25, -0.2) is 0 Å². The number of rotatable bonds is 5. The first kappa shape index (κ1) is 20.7. The molecule has 0 radical (unpaired) electrons. The summed E-state index contributed by atoms with van der Waals surface area (Å²) in [6, 6.07) is 5.47. The Morgan fingerprint density at radius 1 is 1.08 bits per heavy atom. The van der Waals surface area contributed by atoms with Gasteiger partial charge >= 0.3 is 0 Å². The van der Waals surface area contributed by atoms with Crippen molar-refractivity contribution in [3.8, 4) is 11.5 Å². The first-order valence-electron chi connectivity index (χ1n) is 8.98. The molecule has 1 saturated carbocycles. The number of phenolic OH excluding ortho intramolecular Hbond substituents is 1. The lowest BCUT2D eigenvalue weighted by Crippen LogP contribution is -2.17. The molecule has 0 unspecified atom stereocenters. The molecule has 4 N–H and O–H groups in total. The van der Waals surface area contributed by atoms with Crippen molar-refractivity contribution in [3.05, 3.63) is 23.8 Å². The highest BCUT2D eigenvalue weighted by molar-refractivity contribution is 5.41. The van der Waals surface area contributed by atoms with Crippen molar-refractivity contribution in [2.24, 2.45) is 0 Å². The van der Waals surface area contributed by atoms with E-state index in [4.69, 9.17) is 9.47 Å². The van der Waals surface area contributed by atoms with Crippen molar-refractivity contribution in [1.29, 1.82) is 0 Å². The average molecular weight is 339 g/mol. The van der Waals surface area contributed by atoms with Crippen LogP contribution in [0.1, 0.15) is 50.5 Å². The summed E-state index contributed by atoms with van der Waals surface area (Å²) in [6.07, 6.45) is 10.5. The van der Waals surface area contributed by atoms with Gasteiger partial charge in [-0.05, 0) is 62.9 Å². The van der Waals surface area contributed by atoms with Crippen LogP contribution in [0.2, 0.25) is 0 Å². The normalized spacial score (nSPS) is 17.5. The van der Waals surface area contributed by atoms with E-state index >= 15 is 0 Å². The molecule has 0 bridgehead atoms. The van der Waals surface area contributed by atoms with Gasteiger partial charge in [0.25, 0.3) is 0 Å². The van der Waals surface area contributed by atoms with E-state index < -0.39 is 0 Å². The summed E-state index contributed by atoms with van der Waals surface area (Å²) in [7, 11) is 1.57. The summed E-state index contributed by atoms with van der Waals surface area (Å²) in [5, 5.41) is 12.7. The highest BCUT2D eigenvalue weighted by Gasteiger charge is 2.13. The first-order valence-corrected chi connectivity index (χ1v) is 8.98. The quantitative estimate of drug-likeness (QED) is 0.864. The van der Waals surface area contributed by atoms with Crippen molar-refractivity contribution < 1.29 is 20.1 Å². The molecule has 1 aromatic rings. The zero-order chi connectivity index (χ0) is 16.3. The summed E-state index contributed by atoms with van der Waals surface area (Å²) >= 11 is 0. The van der Waals surface area contributed by atoms with Crippen molar-refractivity contribution >= 4 is 0 Å². The third kappa shape index (κ3) is 7.51. The van der Waals surface area contributed by atoms with E-state index in [1.165, 1.54) is 58.0 Å². The van der Waals surface area contributed by atoms with E-state index in [0.717, 1.165) is 18.6 Å². The number of benzene rings is 1. The summed E-state index contributed by atoms with van der Waals surface area (Å²) in [4.78, 5) is 0. The second-order valence-corrected chi connectivity index (χ2v) is 6.34. The van der Waals surface area contributed by atoms with Crippen molar-refractivity contribution in [2.75, 3.05) is 26.8 Å². The van der Waals surface area contributed by atoms with Crippen molar-refractivity contribution in [3.63, 3.8) is 0 Å². The van der Waals surface area contributed by atoms with Gasteiger partial charge in [-0.3, -0.25) is 0 Å². The molecule has 1 heterocycles. The Balaban J connectivity index is 0.000000412. The van der Waals surface area contributed by atoms with Crippen LogP contribution < -0.4 is 10.1 Å². The first-order chi connectivity index (χ1) is 11.3. The molecule has 0 spiro atoms. The molecule has 5 heteroatoms. The van der Waals surface area contributed by atoms with Crippen LogP contribution >= 0.6 is 0 Å². The number of ether oxygens (including phenoxy) is 2. The largest absolute Gasteiger partial charge is 0.504 e. The Morgan fingerprint density at radius 3 is 2.38 bits per heavy atom. The predicted molar refractivity (Wildman–Crippen MR) is 96.9 cm³/mol. The van der Waals surface area contributed by atoms with E-state index in [1.807, 2.05) is 12.1 Å². The molecule has 138 valence electrons. The Labute approximate surface area is 145 Å². The Kier molecular flexibility index (Phi) is 10.5. The lowest BCUT2D eigenvalue weighted by Gasteiger charge is -2.22. The van der Waals surface area contributed by atoms with Gasteiger partial charge in [0.05, 0.1) is 19.8 Å². The van der Waals surface area contributed by atoms with Crippen molar-refractivity contribution in [2.45, 2.75) is 57.5 Å². The standard InChI is InChI=1S/C15H22O3.C4H9N.H2O/c1-17-15-11-12(7-8-14(15)16)9-10-18-13-5-3-2-4-6-13;1-2-4-5-3-1;/h7-8,11,13,16H,2-6,9-10H2,1H3;5H,1-4H2;1H2. The molecule has 0 atom stereocenters. The Bertz CT molecular complexity index is 435. The molecule has 1 aromatic carbocycles. The minimum atomic E-state index is 0. The van der Waals surface area contributed by atoms with E-state index in [2.05, 4.69) is 5.32 Å². The lowest BCUT2D eigenvalue weighted by atomic mass is 9.98. The summed E-state index contributed by atoms with van der Waals surface area (Å²) in [6.45, 7) is 3.25. The fourth-order valence-electron chi connectivity index (χ4n) is 3.08. The fourth-order valence-corrected chi connectivity index (χ4v) is 3.08. The molecule has 2 aliphatic rings. The highest BCUT2D eigenvalue weighted by Crippen LogP contribution is 2.26. The summed E-state index contributed by atoms with van der Waals surface area (Å²) < 4.78 is 11.0. The zero-order valence-electron chi connectivity index (χ0n) is 14.9. The molecular weight excluding hydrogens is 306 g/mol. The molecule has 2 fully saturated rings. The Morgan fingerprint density at radius 2 is 1.79 bits per heavy atom. The molecular formula is C19H33NO4. The number of hydrogen-bond donors (Lipinski definition) is 2. The van der Waals surface area contributed by atoms with Crippen molar-refractivity contribution in [1.82, 2.24) is 5.32 Å². The minimum Gasteiger partial charge on any atom is -0.504 e. The van der Waals surface area contributed by atoms with Crippen LogP contribution in [-0.4, -0.2) is 43.5 Å². The van der Waals surface area contributed by atoms with Gasteiger partial charge in [-0.1, -0.05) is 25.3 Å². The monoisotopic (exact) mass is 339 g/mol. The highest BCUT2D eigenvalue weighted by atomic mass is 16.5. The van der Waals surface area contributed by atoms with Crippen LogP contribution in [-0.2, 0) is 11.2 Å². The maximum Gasteiger partial charge on any atom is 0.160 e. The van der Waals surface area contributed by atoms with Gasteiger partial charge in [0.1, 0.15) is 0 Å². The van der Waals surface area contributed by atoms with Gasteiger partial charge in [0, 0.05) is 0 Å². The van der Waals surface area contributed by atoms with Crippen LogP contribution in [0, 0.1) is 0 Å². The van der Waals surface area contributed by atoms with Gasteiger partial charge in [-0.2, -0.15) is 0 Å². The maximum absolute atomic E-state index is 9.51. The van der Waals surface area contributed by atoms with E-state index in [9.17, 15) is 5.11 Å². The molecule has 0 aromatic heterocycles. The zero-order valence-corrected chi connectivity index (χ0v) is 14.9. The molecule has 5 nitrogen and oxygen atoms in total. The summed E-state index contributed by atoms with van der Waals surface area (Å²) in [5.41, 5.74) is 1.14. The van der Waals surface area contributed by atoms with Crippen LogP contribution in [0.15, 0.2) is 18.2 Å². The average Bonchev–Trinajstić information content (AvgIpc) is 3.17. The number of aromatic hydroxyl groups is 1. The van der Waals surface area contributed by atoms with Crippen LogP contribution in [0.25, 0.3) is 0 Å². The molecule has 3 rings (SSSR count). The molecule has 1 aliphatic heterocycles. The molecule has 1 aliphatic carbocycles. The van der Waals surface area contributed by atoms with Crippen LogP contribution in [0.3, 0.4) is 0 Å². The lowest BCUT2D eigenvalue weighted by molar-refractivity contribution is 0.0303.